The van der Waals surface area contributed by atoms with Crippen LogP contribution in [0.25, 0.3) is 0 Å². The van der Waals surface area contributed by atoms with E-state index in [0.717, 1.165) is 0 Å². The van der Waals surface area contributed by atoms with Crippen molar-refractivity contribution in [1.29, 1.82) is 0 Å². The molecule has 31 heavy (non-hydrogen) atoms. The fourth-order valence-electron chi connectivity index (χ4n) is 3.21. The predicted molar refractivity (Wildman–Crippen MR) is 115 cm³/mol. The molecule has 2 heterocycles. The Hall–Kier alpha value is -1.53. The van der Waals surface area contributed by atoms with Gasteiger partial charge in [0.2, 0.25) is 0 Å². The molecule has 1 fully saturated rings. The number of aromatic amines is 1. The second-order valence-electron chi connectivity index (χ2n) is 6.72. The zero-order chi connectivity index (χ0) is 23.0. The number of methoxy groups -OCH3 is 1. The Morgan fingerprint density at radius 1 is 1.23 bits per heavy atom. The third-order valence-electron chi connectivity index (χ3n) is 4.59. The van der Waals surface area contributed by atoms with E-state index in [1.165, 1.54) is 30.7 Å². The van der Waals surface area contributed by atoms with Crippen molar-refractivity contribution in [2.75, 3.05) is 33.5 Å². The predicted octanol–water partition coefficient (Wildman–Crippen LogP) is 0.487. The van der Waals surface area contributed by atoms with Crippen molar-refractivity contribution in [3.05, 3.63) is 44.5 Å². The molecule has 11 nitrogen and oxygen atoms in total. The van der Waals surface area contributed by atoms with Gasteiger partial charge < -0.3 is 27.9 Å². The smallest absolute Gasteiger partial charge is 0.353 e. The lowest BCUT2D eigenvalue weighted by molar-refractivity contribution is -0.0754. The molecule has 1 unspecified atom stereocenters. The van der Waals surface area contributed by atoms with E-state index >= 15 is 0 Å². The maximum Gasteiger partial charge on any atom is 0.353 e. The Labute approximate surface area is 181 Å². The Morgan fingerprint density at radius 2 is 1.90 bits per heavy atom. The van der Waals surface area contributed by atoms with Gasteiger partial charge in [0.1, 0.15) is 18.3 Å². The second kappa shape index (κ2) is 11.9. The maximum absolute atomic E-state index is 12.8. The van der Waals surface area contributed by atoms with Crippen LogP contribution < -0.4 is 11.2 Å². The summed E-state index contributed by atoms with van der Waals surface area (Å²) in [5.74, 6) is 1.33. The monoisotopic (exact) mass is 460 g/mol. The SMILES string of the molecule is BO[C@@H]1C(/C=C/P(=O)(OCC)OCC)O[C@@H](n2cc(C)c(=O)[nH]c2=O)[C@@H]1OCCOC. The Morgan fingerprint density at radius 3 is 2.48 bits per heavy atom. The molecule has 1 aliphatic heterocycles. The van der Waals surface area contributed by atoms with Gasteiger partial charge in [0.05, 0.1) is 26.4 Å². The summed E-state index contributed by atoms with van der Waals surface area (Å²) in [6, 6.07) is 0. The number of aryl methyl sites for hydroxylation is 1. The highest BCUT2D eigenvalue weighted by atomic mass is 31.2. The van der Waals surface area contributed by atoms with Gasteiger partial charge in [0.25, 0.3) is 13.6 Å². The van der Waals surface area contributed by atoms with Crippen molar-refractivity contribution in [2.45, 2.75) is 45.3 Å². The minimum atomic E-state index is -3.46. The molecule has 2 rings (SSSR count). The normalized spacial score (nSPS) is 24.3. The highest BCUT2D eigenvalue weighted by Crippen LogP contribution is 2.50. The number of nitrogens with one attached hydrogen (secondary N) is 1. The summed E-state index contributed by atoms with van der Waals surface area (Å²) >= 11 is 0. The third-order valence-corrected chi connectivity index (χ3v) is 6.37. The van der Waals surface area contributed by atoms with Crippen LogP contribution in [0.3, 0.4) is 0 Å². The molecule has 174 valence electrons. The second-order valence-corrected chi connectivity index (χ2v) is 8.61. The molecular formula is C18H30BN2O9P. The van der Waals surface area contributed by atoms with Gasteiger partial charge in [0, 0.05) is 24.7 Å². The van der Waals surface area contributed by atoms with Crippen molar-refractivity contribution in [3.63, 3.8) is 0 Å². The van der Waals surface area contributed by atoms with Gasteiger partial charge in [0.15, 0.2) is 6.23 Å². The number of ether oxygens (including phenoxy) is 3. The van der Waals surface area contributed by atoms with Crippen LogP contribution in [0.5, 0.6) is 0 Å². The van der Waals surface area contributed by atoms with E-state index in [0.29, 0.717) is 12.2 Å². The fourth-order valence-corrected chi connectivity index (χ4v) is 4.55. The summed E-state index contributed by atoms with van der Waals surface area (Å²) in [6.45, 7) is 5.97. The molecule has 0 aromatic carbocycles. The minimum Gasteiger partial charge on any atom is -0.436 e. The average molecular weight is 460 g/mol. The number of hydrogen-bond acceptors (Lipinski definition) is 9. The lowest BCUT2D eigenvalue weighted by Crippen LogP contribution is -2.40. The number of aromatic nitrogens is 2. The summed E-state index contributed by atoms with van der Waals surface area (Å²) in [7, 11) is -0.440. The summed E-state index contributed by atoms with van der Waals surface area (Å²) in [6.07, 6.45) is -0.0571. The molecule has 1 aromatic rings. The quantitative estimate of drug-likeness (QED) is 0.269. The van der Waals surface area contributed by atoms with E-state index in [1.54, 1.807) is 27.9 Å². The molecule has 0 bridgehead atoms. The molecule has 0 radical (unpaired) electrons. The van der Waals surface area contributed by atoms with Crippen molar-refractivity contribution in [1.82, 2.24) is 9.55 Å². The van der Waals surface area contributed by atoms with Crippen molar-refractivity contribution in [2.24, 2.45) is 0 Å². The molecule has 0 spiro atoms. The van der Waals surface area contributed by atoms with Crippen molar-refractivity contribution in [3.8, 4) is 0 Å². The number of rotatable bonds is 12. The topological polar surface area (TPSA) is 127 Å². The first kappa shape index (κ1) is 25.7. The van der Waals surface area contributed by atoms with Crippen LogP contribution >= 0.6 is 7.60 Å². The minimum absolute atomic E-state index is 0.207. The maximum atomic E-state index is 12.8. The molecule has 1 saturated heterocycles. The van der Waals surface area contributed by atoms with E-state index in [4.69, 9.17) is 27.9 Å². The Kier molecular flexibility index (Phi) is 9.89. The Bertz CT molecular complexity index is 893. The first-order valence-corrected chi connectivity index (χ1v) is 11.6. The number of nitrogens with zero attached hydrogens (tertiary/aromatic N) is 1. The summed E-state index contributed by atoms with van der Waals surface area (Å²) in [5, 5.41) is 0. The first-order chi connectivity index (χ1) is 14.8. The van der Waals surface area contributed by atoms with Crippen LogP contribution in [0.15, 0.2) is 27.7 Å². The van der Waals surface area contributed by atoms with Gasteiger partial charge in [-0.15, -0.1) is 0 Å². The van der Waals surface area contributed by atoms with Crippen LogP contribution in [0, 0.1) is 6.92 Å². The van der Waals surface area contributed by atoms with Gasteiger partial charge in [-0.3, -0.25) is 18.9 Å². The summed E-state index contributed by atoms with van der Waals surface area (Å²) in [5.41, 5.74) is -0.788. The standard InChI is InChI=1S/C18H30BN2O9P/c1-5-27-31(24,28-6-2)10-7-13-14(30-19)15(26-9-8-25-4)17(29-13)21-11-12(3)16(22)20-18(21)23/h7,10-11,13-15,17H,5-6,8-9,19H2,1-4H3,(H,20,22,23)/b10-7+/t13?,14-,15-,17-/m1/s1. The molecule has 13 heteroatoms. The molecule has 1 aromatic heterocycles. The van der Waals surface area contributed by atoms with Crippen molar-refractivity contribution >= 4 is 15.6 Å². The molecule has 4 atom stereocenters. The van der Waals surface area contributed by atoms with Crippen LogP contribution in [0.4, 0.5) is 0 Å². The molecule has 0 aliphatic carbocycles. The summed E-state index contributed by atoms with van der Waals surface area (Å²) < 4.78 is 47.2. The first-order valence-electron chi connectivity index (χ1n) is 9.99. The molecular weight excluding hydrogens is 430 g/mol. The van der Waals surface area contributed by atoms with E-state index < -0.39 is 43.4 Å². The third kappa shape index (κ3) is 6.49. The highest BCUT2D eigenvalue weighted by molar-refractivity contribution is 7.57. The van der Waals surface area contributed by atoms with Gasteiger partial charge in [-0.2, -0.15) is 0 Å². The van der Waals surface area contributed by atoms with E-state index in [1.807, 2.05) is 0 Å². The van der Waals surface area contributed by atoms with Gasteiger partial charge in [-0.1, -0.05) is 0 Å². The molecule has 1 aliphatic rings. The molecule has 1 N–H and O–H groups in total. The average Bonchev–Trinajstić information content (AvgIpc) is 3.07. The Balaban J connectivity index is 2.40. The zero-order valence-corrected chi connectivity index (χ0v) is 19.3. The lowest BCUT2D eigenvalue weighted by atomic mass is 10.1. The van der Waals surface area contributed by atoms with Crippen molar-refractivity contribution < 1.29 is 32.5 Å². The number of hydrogen-bond donors (Lipinski definition) is 1. The van der Waals surface area contributed by atoms with Gasteiger partial charge in [-0.05, 0) is 26.8 Å². The molecule has 0 amide bonds. The highest BCUT2D eigenvalue weighted by Gasteiger charge is 2.46. The van der Waals surface area contributed by atoms with E-state index in [2.05, 4.69) is 4.98 Å². The van der Waals surface area contributed by atoms with Crippen LogP contribution in [0.2, 0.25) is 0 Å². The number of H-pyrrole nitrogens is 1. The van der Waals surface area contributed by atoms with Crippen LogP contribution in [0.1, 0.15) is 25.6 Å². The molecule has 0 saturated carbocycles. The lowest BCUT2D eigenvalue weighted by Gasteiger charge is -2.24. The summed E-state index contributed by atoms with van der Waals surface area (Å²) in [4.78, 5) is 26.5. The largest absolute Gasteiger partial charge is 0.436 e. The van der Waals surface area contributed by atoms with Gasteiger partial charge in [-0.25, -0.2) is 4.79 Å². The zero-order valence-electron chi connectivity index (χ0n) is 18.4. The van der Waals surface area contributed by atoms with Crippen LogP contribution in [-0.2, 0) is 32.5 Å². The fraction of sp³-hybridized carbons (Fsp3) is 0.667. The van der Waals surface area contributed by atoms with E-state index in [9.17, 15) is 14.2 Å². The van der Waals surface area contributed by atoms with E-state index in [-0.39, 0.29) is 19.8 Å². The van der Waals surface area contributed by atoms with Crippen LogP contribution in [-0.4, -0.2) is 69.4 Å². The van der Waals surface area contributed by atoms with Gasteiger partial charge >= 0.3 is 13.3 Å².